The molecule has 140 valence electrons. The van der Waals surface area contributed by atoms with Crippen LogP contribution in [0.5, 0.6) is 5.75 Å². The van der Waals surface area contributed by atoms with Crippen LogP contribution in [0.3, 0.4) is 0 Å². The van der Waals surface area contributed by atoms with Crippen molar-refractivity contribution >= 4 is 11.8 Å². The number of carbonyl (C=O) groups is 2. The van der Waals surface area contributed by atoms with E-state index in [2.05, 4.69) is 5.32 Å². The molecule has 1 aromatic rings. The Balaban J connectivity index is 1.54. The van der Waals surface area contributed by atoms with Crippen molar-refractivity contribution in [2.24, 2.45) is 11.8 Å². The minimum Gasteiger partial charge on any atom is -0.497 e. The van der Waals surface area contributed by atoms with Crippen LogP contribution in [-0.4, -0.2) is 49.6 Å². The Morgan fingerprint density at radius 1 is 1.35 bits per heavy atom. The summed E-state index contributed by atoms with van der Waals surface area (Å²) in [5.74, 6) is 0.842. The molecule has 0 aromatic heterocycles. The normalized spacial score (nSPS) is 28.4. The van der Waals surface area contributed by atoms with E-state index in [4.69, 9.17) is 9.47 Å². The topological polar surface area (TPSA) is 67.9 Å². The maximum absolute atomic E-state index is 12.9. The van der Waals surface area contributed by atoms with Crippen LogP contribution in [0.1, 0.15) is 37.3 Å². The Morgan fingerprint density at radius 2 is 2.19 bits per heavy atom. The van der Waals surface area contributed by atoms with Gasteiger partial charge in [-0.15, -0.1) is 0 Å². The van der Waals surface area contributed by atoms with Crippen molar-refractivity contribution < 1.29 is 19.1 Å². The zero-order valence-corrected chi connectivity index (χ0v) is 15.1. The fourth-order valence-corrected chi connectivity index (χ4v) is 4.11. The van der Waals surface area contributed by atoms with Gasteiger partial charge in [0.15, 0.2) is 0 Å². The van der Waals surface area contributed by atoms with Gasteiger partial charge < -0.3 is 19.7 Å². The number of benzene rings is 1. The van der Waals surface area contributed by atoms with Crippen molar-refractivity contribution in [2.75, 3.05) is 26.9 Å². The molecule has 6 nitrogen and oxygen atoms in total. The summed E-state index contributed by atoms with van der Waals surface area (Å²) >= 11 is 0. The Labute approximate surface area is 153 Å². The molecule has 26 heavy (non-hydrogen) atoms. The molecule has 1 aliphatic carbocycles. The minimum atomic E-state index is -0.350. The van der Waals surface area contributed by atoms with Gasteiger partial charge >= 0.3 is 0 Å². The number of carbonyl (C=O) groups excluding carboxylic acids is 2. The molecule has 3 aliphatic rings. The van der Waals surface area contributed by atoms with Gasteiger partial charge in [-0.25, -0.2) is 0 Å². The van der Waals surface area contributed by atoms with Gasteiger partial charge in [-0.3, -0.25) is 9.59 Å². The first-order chi connectivity index (χ1) is 12.7. The molecule has 1 N–H and O–H groups in total. The quantitative estimate of drug-likeness (QED) is 0.843. The van der Waals surface area contributed by atoms with Crippen molar-refractivity contribution in [1.82, 2.24) is 10.2 Å². The number of nitrogens with one attached hydrogen (secondary N) is 1. The maximum atomic E-state index is 12.9. The number of rotatable bonds is 6. The molecule has 0 bridgehead atoms. The lowest BCUT2D eigenvalue weighted by molar-refractivity contribution is -0.129. The fraction of sp³-hybridized carbons (Fsp3) is 0.600. The average molecular weight is 358 g/mol. The smallest absolute Gasteiger partial charge is 0.226 e. The van der Waals surface area contributed by atoms with Gasteiger partial charge in [0, 0.05) is 31.5 Å². The van der Waals surface area contributed by atoms with Crippen LogP contribution in [0, 0.1) is 11.8 Å². The molecular formula is C20H26N2O4. The van der Waals surface area contributed by atoms with Gasteiger partial charge in [0.25, 0.3) is 0 Å². The van der Waals surface area contributed by atoms with Crippen LogP contribution in [0.25, 0.3) is 0 Å². The molecule has 0 radical (unpaired) electrons. The molecule has 2 saturated heterocycles. The average Bonchev–Trinajstić information content (AvgIpc) is 3.23. The molecule has 6 heteroatoms. The summed E-state index contributed by atoms with van der Waals surface area (Å²) in [7, 11) is 1.63. The monoisotopic (exact) mass is 358 g/mol. The highest BCUT2D eigenvalue weighted by atomic mass is 16.5. The van der Waals surface area contributed by atoms with Crippen molar-refractivity contribution in [1.29, 1.82) is 0 Å². The van der Waals surface area contributed by atoms with Gasteiger partial charge in [-0.2, -0.15) is 0 Å². The second-order valence-corrected chi connectivity index (χ2v) is 7.54. The summed E-state index contributed by atoms with van der Waals surface area (Å²) < 4.78 is 10.7. The molecule has 0 spiro atoms. The number of hydrogen-bond donors (Lipinski definition) is 1. The van der Waals surface area contributed by atoms with Crippen molar-refractivity contribution in [3.63, 3.8) is 0 Å². The minimum absolute atomic E-state index is 0.0266. The van der Waals surface area contributed by atoms with E-state index < -0.39 is 0 Å². The van der Waals surface area contributed by atoms with E-state index in [1.807, 2.05) is 29.2 Å². The predicted octanol–water partition coefficient (Wildman–Crippen LogP) is 1.90. The van der Waals surface area contributed by atoms with Crippen LogP contribution >= 0.6 is 0 Å². The Morgan fingerprint density at radius 3 is 2.88 bits per heavy atom. The molecular weight excluding hydrogens is 332 g/mol. The van der Waals surface area contributed by atoms with Crippen molar-refractivity contribution in [3.05, 3.63) is 29.8 Å². The lowest BCUT2D eigenvalue weighted by atomic mass is 9.92. The molecule has 1 aromatic carbocycles. The van der Waals surface area contributed by atoms with Gasteiger partial charge in [-0.1, -0.05) is 12.1 Å². The molecule has 1 saturated carbocycles. The number of likely N-dealkylation sites (tertiary alicyclic amines) is 1. The summed E-state index contributed by atoms with van der Waals surface area (Å²) in [4.78, 5) is 27.5. The first-order valence-electron chi connectivity index (χ1n) is 9.48. The van der Waals surface area contributed by atoms with Crippen molar-refractivity contribution in [2.45, 2.75) is 37.8 Å². The third-order valence-electron chi connectivity index (χ3n) is 5.66. The van der Waals surface area contributed by atoms with E-state index in [9.17, 15) is 9.59 Å². The molecule has 2 heterocycles. The first kappa shape index (κ1) is 17.3. The number of methoxy groups -OCH3 is 1. The van der Waals surface area contributed by atoms with Crippen LogP contribution in [0.15, 0.2) is 24.3 Å². The van der Waals surface area contributed by atoms with E-state index >= 15 is 0 Å². The summed E-state index contributed by atoms with van der Waals surface area (Å²) in [5, 5.41) is 3.07. The summed E-state index contributed by atoms with van der Waals surface area (Å²) in [6.07, 6.45) is 3.32. The standard InChI is InChI=1S/C20H26N2O4/c1-25-16-4-2-3-14(9-16)19-17(10-18(23)22(19)15-5-6-15)20(24)21-11-13-7-8-26-12-13/h2-4,9,13,15,17,19H,5-8,10-12H2,1H3,(H,21,24). The molecule has 2 amide bonds. The Bertz CT molecular complexity index is 682. The van der Waals surface area contributed by atoms with Crippen LogP contribution in [0.4, 0.5) is 0 Å². The number of ether oxygens (including phenoxy) is 2. The highest BCUT2D eigenvalue weighted by Crippen LogP contribution is 2.45. The van der Waals surface area contributed by atoms with Crippen LogP contribution in [0.2, 0.25) is 0 Å². The molecule has 3 fully saturated rings. The zero-order chi connectivity index (χ0) is 18.1. The van der Waals surface area contributed by atoms with E-state index in [0.717, 1.165) is 37.2 Å². The Hall–Kier alpha value is -2.08. The summed E-state index contributed by atoms with van der Waals surface area (Å²) in [5.41, 5.74) is 0.978. The zero-order valence-electron chi connectivity index (χ0n) is 15.1. The largest absolute Gasteiger partial charge is 0.497 e. The highest BCUT2D eigenvalue weighted by Gasteiger charge is 2.49. The molecule has 3 unspecified atom stereocenters. The van der Waals surface area contributed by atoms with E-state index in [0.29, 0.717) is 19.1 Å². The van der Waals surface area contributed by atoms with Gasteiger partial charge in [0.2, 0.25) is 11.8 Å². The summed E-state index contributed by atoms with van der Waals surface area (Å²) in [6.45, 7) is 2.10. The molecule has 4 rings (SSSR count). The molecule has 3 atom stereocenters. The summed E-state index contributed by atoms with van der Waals surface area (Å²) in [6, 6.07) is 7.82. The van der Waals surface area contributed by atoms with Gasteiger partial charge in [0.05, 0.1) is 25.7 Å². The third-order valence-corrected chi connectivity index (χ3v) is 5.66. The fourth-order valence-electron chi connectivity index (χ4n) is 4.11. The number of hydrogen-bond acceptors (Lipinski definition) is 4. The lowest BCUT2D eigenvalue weighted by Crippen LogP contribution is -2.38. The second kappa shape index (κ2) is 7.27. The first-order valence-corrected chi connectivity index (χ1v) is 9.48. The van der Waals surface area contributed by atoms with Crippen LogP contribution < -0.4 is 10.1 Å². The SMILES string of the molecule is COc1cccc(C2C(C(=O)NCC3CCOC3)CC(=O)N2C2CC2)c1. The lowest BCUT2D eigenvalue weighted by Gasteiger charge is -2.28. The van der Waals surface area contributed by atoms with Crippen molar-refractivity contribution in [3.8, 4) is 5.75 Å². The maximum Gasteiger partial charge on any atom is 0.226 e. The van der Waals surface area contributed by atoms with Gasteiger partial charge in [-0.05, 0) is 37.0 Å². The van der Waals surface area contributed by atoms with Gasteiger partial charge in [0.1, 0.15) is 5.75 Å². The second-order valence-electron chi connectivity index (χ2n) is 7.54. The molecule has 2 aliphatic heterocycles. The van der Waals surface area contributed by atoms with E-state index in [-0.39, 0.29) is 36.2 Å². The third kappa shape index (κ3) is 3.43. The van der Waals surface area contributed by atoms with Crippen LogP contribution in [-0.2, 0) is 14.3 Å². The predicted molar refractivity (Wildman–Crippen MR) is 95.6 cm³/mol. The highest BCUT2D eigenvalue weighted by molar-refractivity contribution is 5.90. The van der Waals surface area contributed by atoms with E-state index in [1.54, 1.807) is 7.11 Å². The van der Waals surface area contributed by atoms with E-state index in [1.165, 1.54) is 0 Å². The number of nitrogens with zero attached hydrogens (tertiary/aromatic N) is 1. The Kier molecular flexibility index (Phi) is 4.85. The number of amides is 2.